The summed E-state index contributed by atoms with van der Waals surface area (Å²) in [5.74, 6) is 0.428. The third kappa shape index (κ3) is 3.08. The van der Waals surface area contributed by atoms with Crippen LogP contribution < -0.4 is 10.1 Å². The summed E-state index contributed by atoms with van der Waals surface area (Å²) in [7, 11) is 0. The van der Waals surface area contributed by atoms with E-state index < -0.39 is 0 Å². The molecule has 1 atom stereocenters. The standard InChI is InChI=1S/C16H14N2O3/c19-15(18-14-7-3-4-8-17-14)9-11-10-16(20)21-13-6-2-1-5-12(11)13/h1-8,11H,9-10H2,(H,17,18,19)/t11-/m1/s1. The summed E-state index contributed by atoms with van der Waals surface area (Å²) in [6, 6.07) is 12.6. The van der Waals surface area contributed by atoms with Crippen molar-refractivity contribution in [1.29, 1.82) is 0 Å². The largest absolute Gasteiger partial charge is 0.426 e. The lowest BCUT2D eigenvalue weighted by Crippen LogP contribution is -2.24. The van der Waals surface area contributed by atoms with Crippen molar-refractivity contribution in [2.75, 3.05) is 5.32 Å². The highest BCUT2D eigenvalue weighted by Gasteiger charge is 2.28. The van der Waals surface area contributed by atoms with E-state index in [4.69, 9.17) is 4.74 Å². The van der Waals surface area contributed by atoms with Gasteiger partial charge in [0, 0.05) is 18.5 Å². The van der Waals surface area contributed by atoms with Crippen molar-refractivity contribution in [3.05, 3.63) is 54.2 Å². The Bertz CT molecular complexity index is 670. The number of pyridine rings is 1. The number of para-hydroxylation sites is 1. The normalized spacial score (nSPS) is 16.8. The minimum absolute atomic E-state index is 0.161. The van der Waals surface area contributed by atoms with Gasteiger partial charge in [-0.05, 0) is 23.8 Å². The third-order valence-corrected chi connectivity index (χ3v) is 3.36. The van der Waals surface area contributed by atoms with Gasteiger partial charge in [-0.2, -0.15) is 0 Å². The highest BCUT2D eigenvalue weighted by atomic mass is 16.5. The molecule has 0 unspecified atom stereocenters. The van der Waals surface area contributed by atoms with Crippen LogP contribution in [0, 0.1) is 0 Å². The summed E-state index contributed by atoms with van der Waals surface area (Å²) < 4.78 is 5.18. The molecule has 1 aromatic carbocycles. The van der Waals surface area contributed by atoms with Crippen LogP contribution in [-0.2, 0) is 9.59 Å². The molecule has 1 aliphatic rings. The average molecular weight is 282 g/mol. The SMILES string of the molecule is O=C(C[C@@H]1CC(=O)Oc2ccccc21)Nc1ccccn1. The van der Waals surface area contributed by atoms with E-state index in [-0.39, 0.29) is 30.6 Å². The Hall–Kier alpha value is -2.69. The molecule has 0 fully saturated rings. The number of anilines is 1. The van der Waals surface area contributed by atoms with Crippen LogP contribution in [0.3, 0.4) is 0 Å². The Morgan fingerprint density at radius 3 is 2.86 bits per heavy atom. The summed E-state index contributed by atoms with van der Waals surface area (Å²) in [4.78, 5) is 27.8. The second-order valence-corrected chi connectivity index (χ2v) is 4.88. The molecule has 0 radical (unpaired) electrons. The van der Waals surface area contributed by atoms with Crippen LogP contribution in [0.2, 0.25) is 0 Å². The van der Waals surface area contributed by atoms with Gasteiger partial charge in [0.1, 0.15) is 11.6 Å². The number of carbonyl (C=O) groups excluding carboxylic acids is 2. The molecule has 21 heavy (non-hydrogen) atoms. The lowest BCUT2D eigenvalue weighted by Gasteiger charge is -2.23. The zero-order valence-electron chi connectivity index (χ0n) is 11.3. The number of esters is 1. The predicted molar refractivity (Wildman–Crippen MR) is 76.9 cm³/mol. The van der Waals surface area contributed by atoms with Gasteiger partial charge in [0.25, 0.3) is 0 Å². The van der Waals surface area contributed by atoms with Crippen LogP contribution in [0.25, 0.3) is 0 Å². The second kappa shape index (κ2) is 5.75. The number of aromatic nitrogens is 1. The number of nitrogens with zero attached hydrogens (tertiary/aromatic N) is 1. The molecular formula is C16H14N2O3. The van der Waals surface area contributed by atoms with Crippen molar-refractivity contribution in [1.82, 2.24) is 4.98 Å². The van der Waals surface area contributed by atoms with E-state index in [2.05, 4.69) is 10.3 Å². The molecule has 5 nitrogen and oxygen atoms in total. The maximum Gasteiger partial charge on any atom is 0.311 e. The van der Waals surface area contributed by atoms with Crippen LogP contribution in [0.5, 0.6) is 5.75 Å². The van der Waals surface area contributed by atoms with E-state index in [1.807, 2.05) is 18.2 Å². The molecule has 106 valence electrons. The number of amides is 1. The Morgan fingerprint density at radius 2 is 2.05 bits per heavy atom. The van der Waals surface area contributed by atoms with Gasteiger partial charge in [0.15, 0.2) is 0 Å². The van der Waals surface area contributed by atoms with Gasteiger partial charge in [-0.15, -0.1) is 0 Å². The fraction of sp³-hybridized carbons (Fsp3) is 0.188. The second-order valence-electron chi connectivity index (χ2n) is 4.88. The number of benzene rings is 1. The first-order valence-electron chi connectivity index (χ1n) is 6.73. The van der Waals surface area contributed by atoms with Gasteiger partial charge in [0.05, 0.1) is 6.42 Å². The summed E-state index contributed by atoms with van der Waals surface area (Å²) >= 11 is 0. The molecule has 2 aromatic rings. The first kappa shape index (κ1) is 13.3. The molecule has 0 bridgehead atoms. The smallest absolute Gasteiger partial charge is 0.311 e. The van der Waals surface area contributed by atoms with E-state index in [9.17, 15) is 9.59 Å². The number of nitrogens with one attached hydrogen (secondary N) is 1. The van der Waals surface area contributed by atoms with Gasteiger partial charge >= 0.3 is 5.97 Å². The van der Waals surface area contributed by atoms with E-state index >= 15 is 0 Å². The topological polar surface area (TPSA) is 68.3 Å². The van der Waals surface area contributed by atoms with Crippen molar-refractivity contribution < 1.29 is 14.3 Å². The molecule has 0 saturated heterocycles. The van der Waals surface area contributed by atoms with Crippen LogP contribution in [0.4, 0.5) is 5.82 Å². The van der Waals surface area contributed by atoms with Crippen molar-refractivity contribution >= 4 is 17.7 Å². The van der Waals surface area contributed by atoms with Crippen molar-refractivity contribution in [3.8, 4) is 5.75 Å². The fourth-order valence-electron chi connectivity index (χ4n) is 2.42. The zero-order chi connectivity index (χ0) is 14.7. The molecule has 0 spiro atoms. The van der Waals surface area contributed by atoms with Gasteiger partial charge in [-0.25, -0.2) is 4.98 Å². The first-order valence-corrected chi connectivity index (χ1v) is 6.73. The Labute approximate surface area is 122 Å². The highest BCUT2D eigenvalue weighted by Crippen LogP contribution is 2.36. The lowest BCUT2D eigenvalue weighted by molar-refractivity contribution is -0.136. The fourth-order valence-corrected chi connectivity index (χ4v) is 2.42. The quantitative estimate of drug-likeness (QED) is 0.693. The monoisotopic (exact) mass is 282 g/mol. The molecule has 1 N–H and O–H groups in total. The van der Waals surface area contributed by atoms with Gasteiger partial charge in [-0.3, -0.25) is 9.59 Å². The summed E-state index contributed by atoms with van der Waals surface area (Å²) in [6.07, 6.45) is 2.05. The van der Waals surface area contributed by atoms with E-state index in [1.165, 1.54) is 0 Å². The molecule has 0 saturated carbocycles. The zero-order valence-corrected chi connectivity index (χ0v) is 11.3. The molecule has 1 aliphatic heterocycles. The minimum Gasteiger partial charge on any atom is -0.426 e. The van der Waals surface area contributed by atoms with E-state index in [0.29, 0.717) is 11.6 Å². The molecule has 0 aliphatic carbocycles. The number of fused-ring (bicyclic) bond motifs is 1. The molecule has 3 rings (SSSR count). The van der Waals surface area contributed by atoms with Gasteiger partial charge in [-0.1, -0.05) is 24.3 Å². The average Bonchev–Trinajstić information content (AvgIpc) is 2.48. The van der Waals surface area contributed by atoms with Crippen LogP contribution in [-0.4, -0.2) is 16.9 Å². The van der Waals surface area contributed by atoms with Crippen LogP contribution in [0.15, 0.2) is 48.7 Å². The minimum atomic E-state index is -0.302. The first-order chi connectivity index (χ1) is 10.2. The third-order valence-electron chi connectivity index (χ3n) is 3.36. The van der Waals surface area contributed by atoms with E-state index in [0.717, 1.165) is 5.56 Å². The summed E-state index contributed by atoms with van der Waals surface area (Å²) in [5, 5.41) is 2.73. The number of rotatable bonds is 3. The number of carbonyl (C=O) groups is 2. The Kier molecular flexibility index (Phi) is 3.64. The number of ether oxygens (including phenoxy) is 1. The van der Waals surface area contributed by atoms with Crippen molar-refractivity contribution in [2.24, 2.45) is 0 Å². The Morgan fingerprint density at radius 1 is 1.24 bits per heavy atom. The van der Waals surface area contributed by atoms with Gasteiger partial charge in [0.2, 0.25) is 5.91 Å². The predicted octanol–water partition coefficient (Wildman–Crippen LogP) is 2.50. The summed E-state index contributed by atoms with van der Waals surface area (Å²) in [5.41, 5.74) is 0.897. The van der Waals surface area contributed by atoms with E-state index in [1.54, 1.807) is 30.5 Å². The Balaban J connectivity index is 1.73. The molecular weight excluding hydrogens is 268 g/mol. The molecule has 5 heteroatoms. The molecule has 1 amide bonds. The lowest BCUT2D eigenvalue weighted by atomic mass is 9.90. The summed E-state index contributed by atoms with van der Waals surface area (Å²) in [6.45, 7) is 0. The maximum absolute atomic E-state index is 12.1. The maximum atomic E-state index is 12.1. The number of hydrogen-bond donors (Lipinski definition) is 1. The molecule has 1 aromatic heterocycles. The number of hydrogen-bond acceptors (Lipinski definition) is 4. The highest BCUT2D eigenvalue weighted by molar-refractivity contribution is 5.91. The van der Waals surface area contributed by atoms with Gasteiger partial charge < -0.3 is 10.1 Å². The van der Waals surface area contributed by atoms with Crippen molar-refractivity contribution in [3.63, 3.8) is 0 Å². The van der Waals surface area contributed by atoms with Crippen LogP contribution >= 0.6 is 0 Å². The van der Waals surface area contributed by atoms with Crippen molar-refractivity contribution in [2.45, 2.75) is 18.8 Å². The molecule has 2 heterocycles. The van der Waals surface area contributed by atoms with Crippen LogP contribution in [0.1, 0.15) is 24.3 Å².